The number of anilines is 2. The van der Waals surface area contributed by atoms with Gasteiger partial charge in [0.05, 0.1) is 65.2 Å². The molecule has 8 fully saturated rings. The Kier molecular flexibility index (Phi) is 34.7. The van der Waals surface area contributed by atoms with Crippen molar-refractivity contribution in [3.8, 4) is 0 Å². The van der Waals surface area contributed by atoms with Gasteiger partial charge in [0, 0.05) is 93.5 Å². The zero-order valence-corrected chi connectivity index (χ0v) is 92.0. The Balaban J connectivity index is 0.000000245. The van der Waals surface area contributed by atoms with Gasteiger partial charge in [-0.15, -0.1) is 0 Å². The second-order valence-corrected chi connectivity index (χ2v) is 51.7. The molecule has 2 saturated heterocycles. The molecule has 6 saturated carbocycles. The lowest BCUT2D eigenvalue weighted by atomic mass is 9.46. The Morgan fingerprint density at radius 3 is 1.21 bits per heavy atom. The number of esters is 2. The molecule has 798 valence electrons. The smallest absolute Gasteiger partial charge is 0.460 e. The van der Waals surface area contributed by atoms with Crippen LogP contribution in [0, 0.1) is 69.0 Å². The summed E-state index contributed by atoms with van der Waals surface area (Å²) in [6, 6.07) is 30.0. The van der Waals surface area contributed by atoms with Crippen LogP contribution in [0.3, 0.4) is 0 Å². The molecular formula is C112H151BrN4O27P2. The lowest BCUT2D eigenvalue weighted by Gasteiger charge is -2.59. The van der Waals surface area contributed by atoms with Crippen molar-refractivity contribution < 1.29 is 128 Å². The van der Waals surface area contributed by atoms with Gasteiger partial charge in [0.1, 0.15) is 30.2 Å². The van der Waals surface area contributed by atoms with Crippen LogP contribution in [-0.2, 0) is 130 Å². The van der Waals surface area contributed by atoms with Gasteiger partial charge in [-0.25, -0.2) is 9.13 Å². The third kappa shape index (κ3) is 26.5. The fourth-order valence-corrected chi connectivity index (χ4v) is 28.2. The maximum Gasteiger partial charge on any atom is 0.476 e. The van der Waals surface area contributed by atoms with Gasteiger partial charge >= 0.3 is 27.6 Å². The summed E-state index contributed by atoms with van der Waals surface area (Å²) in [6.45, 7) is 37.6. The molecule has 0 radical (unpaired) electrons. The molecule has 31 nitrogen and oxygen atoms in total. The number of alkyl halides is 1. The predicted octanol–water partition coefficient (Wildman–Crippen LogP) is 19.0. The Labute approximate surface area is 867 Å². The number of nitrogens with one attached hydrogen (secondary N) is 3. The quantitative estimate of drug-likeness (QED) is 0.0140. The molecule has 20 atom stereocenters. The van der Waals surface area contributed by atoms with Gasteiger partial charge in [0.25, 0.3) is 0 Å². The molecule has 0 spiro atoms. The van der Waals surface area contributed by atoms with Crippen LogP contribution in [0.25, 0.3) is 0 Å². The summed E-state index contributed by atoms with van der Waals surface area (Å²) in [5.41, 5.74) is 2.21. The van der Waals surface area contributed by atoms with Gasteiger partial charge in [-0.2, -0.15) is 0 Å². The number of carbonyl (C=O) groups excluding carboxylic acids is 11. The number of amides is 3. The van der Waals surface area contributed by atoms with E-state index in [1.54, 1.807) is 161 Å². The van der Waals surface area contributed by atoms with Crippen molar-refractivity contribution in [2.45, 2.75) is 337 Å². The number of ketones is 6. The molecule has 0 bridgehead atoms. The molecule has 10 aliphatic rings. The lowest BCUT2D eigenvalue weighted by molar-refractivity contribution is -0.201. The molecule has 3 amide bonds. The van der Waals surface area contributed by atoms with Gasteiger partial charge in [-0.1, -0.05) is 140 Å². The summed E-state index contributed by atoms with van der Waals surface area (Å²) in [5.74, 6) is -6.24. The van der Waals surface area contributed by atoms with Crippen molar-refractivity contribution in [3.05, 3.63) is 178 Å². The van der Waals surface area contributed by atoms with E-state index in [1.165, 1.54) is 0 Å². The van der Waals surface area contributed by atoms with Crippen molar-refractivity contribution in [1.29, 1.82) is 0 Å². The number of nitrogens with two attached hydrogens (primary N) is 1. The maximum absolute atomic E-state index is 15.3. The van der Waals surface area contributed by atoms with Crippen LogP contribution >= 0.6 is 31.6 Å². The van der Waals surface area contributed by atoms with E-state index in [9.17, 15) is 62.5 Å². The highest BCUT2D eigenvalue weighted by Gasteiger charge is 2.78. The summed E-state index contributed by atoms with van der Waals surface area (Å²) in [4.78, 5) is 145. The molecule has 2 heterocycles. The van der Waals surface area contributed by atoms with Crippen molar-refractivity contribution in [2.75, 3.05) is 42.3 Å². The van der Waals surface area contributed by atoms with Crippen molar-refractivity contribution in [2.24, 2.45) is 74.7 Å². The van der Waals surface area contributed by atoms with E-state index in [4.69, 9.17) is 61.3 Å². The van der Waals surface area contributed by atoms with Gasteiger partial charge in [0.2, 0.25) is 17.7 Å². The van der Waals surface area contributed by atoms with E-state index in [2.05, 4.69) is 45.7 Å². The number of allylic oxidation sites excluding steroid dienone is 8. The predicted molar refractivity (Wildman–Crippen MR) is 551 cm³/mol. The highest BCUT2D eigenvalue weighted by atomic mass is 79.9. The Morgan fingerprint density at radius 2 is 0.863 bits per heavy atom. The molecule has 7 N–H and O–H groups in total. The van der Waals surface area contributed by atoms with E-state index in [0.29, 0.717) is 67.4 Å². The third-order valence-electron chi connectivity index (χ3n) is 30.0. The van der Waals surface area contributed by atoms with E-state index in [1.807, 2.05) is 111 Å². The summed E-state index contributed by atoms with van der Waals surface area (Å²) in [6.07, 6.45) is 10.3. The molecule has 2 aliphatic heterocycles. The first-order valence-corrected chi connectivity index (χ1v) is 55.1. The summed E-state index contributed by atoms with van der Waals surface area (Å²) in [7, 11) is -8.66. The van der Waals surface area contributed by atoms with Crippen LogP contribution in [0.4, 0.5) is 11.4 Å². The molecular weight excluding hydrogens is 1980 g/mol. The number of aliphatic hydroxyl groups excluding tert-OH is 2. The number of hydrogen-bond donors (Lipinski definition) is 6. The Hall–Kier alpha value is -8.37. The highest BCUT2D eigenvalue weighted by molar-refractivity contribution is 9.09. The van der Waals surface area contributed by atoms with Crippen LogP contribution in [0.15, 0.2) is 145 Å². The number of ether oxygens (including phenoxy) is 6. The summed E-state index contributed by atoms with van der Waals surface area (Å²) >= 11 is 3.06. The van der Waals surface area contributed by atoms with Gasteiger partial charge in [-0.05, 0) is 296 Å². The molecule has 34 heteroatoms. The van der Waals surface area contributed by atoms with E-state index >= 15 is 9.59 Å². The number of carbonyl (C=O) groups is 11. The second-order valence-electron chi connectivity index (χ2n) is 48.1. The normalized spacial score (nSPS) is 29.3. The molecule has 4 aromatic rings. The van der Waals surface area contributed by atoms with Crippen LogP contribution in [0.5, 0.6) is 0 Å². The molecule has 146 heavy (non-hydrogen) atoms. The number of halogens is 1. The number of Topliss-reactive ketones (excluding diaryl/α,β-unsaturated/α-hetero) is 4. The monoisotopic (exact) mass is 2120 g/mol. The standard InChI is InChI=1S/C57H76BrN2O14P.C55H75N2O13P/c1-52(2,3)71-48(66)22-19-37(27-41(62)32-59-47(65)31-58)50(67)60-39-14-12-13-35(26-39)25-34-15-17-36(18-16-34)51-70-46-29-43-42-21-20-38-28-40(61)23-24-55(38,10)49(42)44(63)30-56(43,11)57(46,72-51)45(64)33-69-75(68,73-53(4,5)6)74-54(7,8)9;1-50(2,3)67-46(62)22-19-36(27-40(59)31-56)48(63)57-38-14-12-13-34(26-38)25-33-15-17-35(18-16-33)49-66-45-29-42-41-21-20-37-28-39(58)23-24-53(37,10)47(41)43(60)30-54(42,11)55(45,68-49)44(61)32-65-71(64,69-51(4,5)6)70-52(7,8)9/h12-18,23-24,26,28,37,42-44,46,49,51,63H,19-22,25,27,29-33H2,1-11H3,(H,59,65)(H,60,67);12-18,23-24,26,28,36,41-43,45,47,49,60H,19-22,25,27,29-32,56H2,1-11H3,(H,57,63)/t37-,42+,43+,44+,46-,49-,51-,55+,56+,57-;36-,41+,42+,43+,45-,47-,49-,53+,54+,55-/m11/s1. The number of rotatable bonds is 36. The second kappa shape index (κ2) is 44.1. The first-order chi connectivity index (χ1) is 67.8. The topological polar surface area (TPSA) is 435 Å². The minimum atomic E-state index is -4.34. The van der Waals surface area contributed by atoms with Crippen molar-refractivity contribution in [1.82, 2.24) is 5.32 Å². The summed E-state index contributed by atoms with van der Waals surface area (Å²) in [5, 5.41) is 33.1. The highest BCUT2D eigenvalue weighted by Crippen LogP contribution is 2.74. The van der Waals surface area contributed by atoms with E-state index in [0.717, 1.165) is 39.8 Å². The van der Waals surface area contributed by atoms with Gasteiger partial charge < -0.3 is 60.3 Å². The fraction of sp³-hybridized carbons (Fsp3) is 0.616. The first kappa shape index (κ1) is 115. The van der Waals surface area contributed by atoms with E-state index in [-0.39, 0.29) is 134 Å². The molecule has 14 rings (SSSR count). The van der Waals surface area contributed by atoms with Crippen LogP contribution in [-0.4, -0.2) is 175 Å². The van der Waals surface area contributed by atoms with Gasteiger partial charge in [0.15, 0.2) is 52.7 Å². The molecule has 4 aromatic carbocycles. The summed E-state index contributed by atoms with van der Waals surface area (Å²) < 4.78 is 103. The Morgan fingerprint density at radius 1 is 0.500 bits per heavy atom. The number of fused-ring (bicyclic) bond motifs is 14. The average Bonchev–Trinajstić information content (AvgIpc) is 1.51. The molecule has 8 aliphatic carbocycles. The van der Waals surface area contributed by atoms with Gasteiger partial charge in [-0.3, -0.25) is 79.9 Å². The van der Waals surface area contributed by atoms with E-state index < -0.39 is 179 Å². The lowest BCUT2D eigenvalue weighted by Crippen LogP contribution is -2.63. The SMILES string of the molecule is CC(C)(C)OC(=O)CC[C@H](CC(=O)CN)C(=O)Nc1cccc(Cc2ccc([C@@H]3O[C@@H]4C[C@H]5[C@@H]6CCC7=CC(=O)C=C[C@]7(C)[C@H]6[C@@H](O)C[C@]5(C)[C@]4(C(=O)COP(=O)(OC(C)(C)C)OC(C)(C)C)O3)cc2)c1.CC(C)(C)OC(=O)CC[C@H](CC(=O)CNC(=O)CBr)C(=O)Nc1cccc(Cc2ccc([C@@H]3O[C@@H]4C[C@H]5[C@@H]6CCC7=CC(=O)C=C[C@]7(C)[C@H]6[C@@H](O)C[C@]5(C)[C@]4(C(=O)COP(=O)(OC(C)(C)C)OC(C)(C)C)O3)cc2)c1. The van der Waals surface area contributed by atoms with Crippen LogP contribution in [0.1, 0.15) is 288 Å². The zero-order valence-electron chi connectivity index (χ0n) is 88.6. The number of phosphoric ester groups is 2. The van der Waals surface area contributed by atoms with Crippen LogP contribution < -0.4 is 21.7 Å². The Bertz CT molecular complexity index is 5770. The number of aliphatic hydroxyl groups is 2. The third-order valence-corrected chi connectivity index (χ3v) is 34.5. The first-order valence-electron chi connectivity index (χ1n) is 51.1. The maximum atomic E-state index is 15.3. The average molecular weight is 2130 g/mol. The van der Waals surface area contributed by atoms with Crippen LogP contribution in [0.2, 0.25) is 0 Å². The van der Waals surface area contributed by atoms with Crippen molar-refractivity contribution in [3.63, 3.8) is 0 Å². The number of benzene rings is 4. The number of phosphoric acid groups is 2. The molecule has 0 unspecified atom stereocenters. The fourth-order valence-electron chi connectivity index (χ4n) is 24.4. The minimum absolute atomic E-state index is 0.0257. The number of hydrogen-bond acceptors (Lipinski definition) is 28. The largest absolute Gasteiger partial charge is 0.476 e. The minimum Gasteiger partial charge on any atom is -0.460 e. The van der Waals surface area contributed by atoms with Crippen molar-refractivity contribution >= 4 is 107 Å². The zero-order chi connectivity index (χ0) is 107. The molecule has 0 aromatic heterocycles.